The first-order valence-corrected chi connectivity index (χ1v) is 6.16. The van der Waals surface area contributed by atoms with Crippen LogP contribution in [0.4, 0.5) is 0 Å². The number of carbonyl (C=O) groups excluding carboxylic acids is 1. The molecule has 0 aliphatic carbocycles. The summed E-state index contributed by atoms with van der Waals surface area (Å²) in [6.07, 6.45) is 2.15. The van der Waals surface area contributed by atoms with Crippen molar-refractivity contribution in [2.24, 2.45) is 0 Å². The maximum Gasteiger partial charge on any atom is 0.334 e. The summed E-state index contributed by atoms with van der Waals surface area (Å²) in [6.45, 7) is 2.12. The maximum absolute atomic E-state index is 12.0. The number of hydrogen-bond acceptors (Lipinski definition) is 2. The van der Waals surface area contributed by atoms with Crippen LogP contribution in [-0.2, 0) is 15.1 Å². The standard InChI is InChI=1S/C14H17NO3/c1-14(13(17)18,11-7-3-2-4-8-11)15-10-6-5-9-12(15)16/h2-4,7-8H,5-6,9-10H2,1H3,(H,17,18). The molecule has 1 amide bonds. The Morgan fingerprint density at radius 2 is 1.94 bits per heavy atom. The Balaban J connectivity index is 2.44. The molecule has 1 aromatic carbocycles. The third kappa shape index (κ3) is 1.98. The number of likely N-dealkylation sites (tertiary alicyclic amines) is 1. The number of nitrogens with zero attached hydrogens (tertiary/aromatic N) is 1. The van der Waals surface area contributed by atoms with Gasteiger partial charge < -0.3 is 10.0 Å². The van der Waals surface area contributed by atoms with Crippen molar-refractivity contribution in [2.75, 3.05) is 6.54 Å². The van der Waals surface area contributed by atoms with Crippen molar-refractivity contribution < 1.29 is 14.7 Å². The van der Waals surface area contributed by atoms with Crippen LogP contribution in [0.15, 0.2) is 30.3 Å². The lowest BCUT2D eigenvalue weighted by Gasteiger charge is -2.40. The van der Waals surface area contributed by atoms with E-state index in [2.05, 4.69) is 0 Å². The number of carboxylic acids is 1. The Morgan fingerprint density at radius 1 is 1.28 bits per heavy atom. The van der Waals surface area contributed by atoms with Crippen LogP contribution >= 0.6 is 0 Å². The number of aliphatic carboxylic acids is 1. The van der Waals surface area contributed by atoms with Gasteiger partial charge in [-0.3, -0.25) is 4.79 Å². The summed E-state index contributed by atoms with van der Waals surface area (Å²) in [4.78, 5) is 25.1. The van der Waals surface area contributed by atoms with Crippen molar-refractivity contribution in [3.05, 3.63) is 35.9 Å². The molecule has 0 aromatic heterocycles. The molecule has 1 saturated heterocycles. The predicted molar refractivity (Wildman–Crippen MR) is 67.0 cm³/mol. The van der Waals surface area contributed by atoms with Gasteiger partial charge in [-0.15, -0.1) is 0 Å². The summed E-state index contributed by atoms with van der Waals surface area (Å²) in [7, 11) is 0. The molecule has 1 N–H and O–H groups in total. The second-order valence-electron chi connectivity index (χ2n) is 4.75. The number of benzene rings is 1. The lowest BCUT2D eigenvalue weighted by atomic mass is 9.88. The second kappa shape index (κ2) is 4.80. The molecule has 0 spiro atoms. The first-order valence-electron chi connectivity index (χ1n) is 6.16. The largest absolute Gasteiger partial charge is 0.479 e. The minimum Gasteiger partial charge on any atom is -0.479 e. The molecule has 1 aliphatic heterocycles. The van der Waals surface area contributed by atoms with Crippen molar-refractivity contribution in [1.29, 1.82) is 0 Å². The molecule has 2 rings (SSSR count). The van der Waals surface area contributed by atoms with Crippen molar-refractivity contribution in [3.8, 4) is 0 Å². The van der Waals surface area contributed by atoms with E-state index in [9.17, 15) is 14.7 Å². The smallest absolute Gasteiger partial charge is 0.334 e. The molecule has 0 bridgehead atoms. The molecule has 18 heavy (non-hydrogen) atoms. The Kier molecular flexibility index (Phi) is 3.36. The Hall–Kier alpha value is -1.84. The molecule has 4 heteroatoms. The van der Waals surface area contributed by atoms with Crippen molar-refractivity contribution in [1.82, 2.24) is 4.90 Å². The first kappa shape index (κ1) is 12.6. The van der Waals surface area contributed by atoms with Gasteiger partial charge in [0.1, 0.15) is 0 Å². The number of carbonyl (C=O) groups is 2. The number of amides is 1. The van der Waals surface area contributed by atoms with Crippen LogP contribution in [0, 0.1) is 0 Å². The van der Waals surface area contributed by atoms with E-state index < -0.39 is 11.5 Å². The molecule has 1 aliphatic rings. The summed E-state index contributed by atoms with van der Waals surface area (Å²) in [5, 5.41) is 9.56. The van der Waals surface area contributed by atoms with Crippen molar-refractivity contribution in [2.45, 2.75) is 31.7 Å². The maximum atomic E-state index is 12.0. The fraction of sp³-hybridized carbons (Fsp3) is 0.429. The van der Waals surface area contributed by atoms with Gasteiger partial charge >= 0.3 is 5.97 Å². The van der Waals surface area contributed by atoms with E-state index in [-0.39, 0.29) is 5.91 Å². The predicted octanol–water partition coefficient (Wildman–Crippen LogP) is 2.00. The lowest BCUT2D eigenvalue weighted by Crippen LogP contribution is -2.54. The van der Waals surface area contributed by atoms with E-state index in [1.807, 2.05) is 6.07 Å². The lowest BCUT2D eigenvalue weighted by molar-refractivity contribution is -0.160. The van der Waals surface area contributed by atoms with E-state index in [1.165, 1.54) is 4.90 Å². The third-order valence-corrected chi connectivity index (χ3v) is 3.62. The molecule has 0 radical (unpaired) electrons. The number of piperidine rings is 1. The minimum atomic E-state index is -1.27. The van der Waals surface area contributed by atoms with Crippen molar-refractivity contribution >= 4 is 11.9 Å². The number of hydrogen-bond donors (Lipinski definition) is 1. The Labute approximate surface area is 106 Å². The van der Waals surface area contributed by atoms with Gasteiger partial charge in [0.15, 0.2) is 5.54 Å². The molecular weight excluding hydrogens is 230 g/mol. The zero-order valence-corrected chi connectivity index (χ0v) is 10.4. The average molecular weight is 247 g/mol. The van der Waals surface area contributed by atoms with Gasteiger partial charge in [0.05, 0.1) is 0 Å². The highest BCUT2D eigenvalue weighted by atomic mass is 16.4. The summed E-state index contributed by atoms with van der Waals surface area (Å²) in [5.41, 5.74) is -0.619. The van der Waals surface area contributed by atoms with E-state index in [0.717, 1.165) is 12.8 Å². The van der Waals surface area contributed by atoms with Crippen molar-refractivity contribution in [3.63, 3.8) is 0 Å². The average Bonchev–Trinajstić information content (AvgIpc) is 2.39. The molecule has 1 aromatic rings. The van der Waals surface area contributed by atoms with Crippen LogP contribution in [0.1, 0.15) is 31.7 Å². The van der Waals surface area contributed by atoms with Gasteiger partial charge in [-0.25, -0.2) is 4.79 Å². The van der Waals surface area contributed by atoms with Gasteiger partial charge in [-0.2, -0.15) is 0 Å². The first-order chi connectivity index (χ1) is 8.56. The fourth-order valence-corrected chi connectivity index (χ4v) is 2.44. The van der Waals surface area contributed by atoms with E-state index in [0.29, 0.717) is 18.5 Å². The molecule has 96 valence electrons. The molecule has 1 heterocycles. The van der Waals surface area contributed by atoms with Gasteiger partial charge in [0.25, 0.3) is 0 Å². The summed E-state index contributed by atoms with van der Waals surface area (Å²) in [5.74, 6) is -1.06. The second-order valence-corrected chi connectivity index (χ2v) is 4.75. The molecule has 0 saturated carbocycles. The van der Waals surface area contributed by atoms with E-state index >= 15 is 0 Å². The molecule has 4 nitrogen and oxygen atoms in total. The number of rotatable bonds is 3. The Bertz CT molecular complexity index is 457. The molecule has 1 fully saturated rings. The van der Waals surface area contributed by atoms with Crippen LogP contribution in [0.25, 0.3) is 0 Å². The van der Waals surface area contributed by atoms with Crippen LogP contribution in [-0.4, -0.2) is 28.4 Å². The molecule has 1 atom stereocenters. The highest BCUT2D eigenvalue weighted by Crippen LogP contribution is 2.31. The number of carboxylic acid groups (broad SMARTS) is 1. The highest BCUT2D eigenvalue weighted by molar-refractivity contribution is 5.88. The van der Waals surface area contributed by atoms with Gasteiger partial charge in [-0.05, 0) is 25.3 Å². The monoisotopic (exact) mass is 247 g/mol. The zero-order chi connectivity index (χ0) is 13.2. The van der Waals surface area contributed by atoms with Crippen LogP contribution in [0.3, 0.4) is 0 Å². The molecular formula is C14H17NO3. The van der Waals surface area contributed by atoms with Crippen LogP contribution in [0.2, 0.25) is 0 Å². The Morgan fingerprint density at radius 3 is 2.50 bits per heavy atom. The topological polar surface area (TPSA) is 57.6 Å². The quantitative estimate of drug-likeness (QED) is 0.888. The normalized spacial score (nSPS) is 19.4. The highest BCUT2D eigenvalue weighted by Gasteiger charge is 2.44. The van der Waals surface area contributed by atoms with Gasteiger partial charge in [0, 0.05) is 13.0 Å². The fourth-order valence-electron chi connectivity index (χ4n) is 2.44. The minimum absolute atomic E-state index is 0.0741. The SMILES string of the molecule is CC(C(=O)O)(c1ccccc1)N1CCCCC1=O. The summed E-state index contributed by atoms with van der Waals surface area (Å²) < 4.78 is 0. The van der Waals surface area contributed by atoms with Gasteiger partial charge in [-0.1, -0.05) is 30.3 Å². The summed E-state index contributed by atoms with van der Waals surface area (Å²) in [6, 6.07) is 8.95. The van der Waals surface area contributed by atoms with Crippen LogP contribution in [0.5, 0.6) is 0 Å². The third-order valence-electron chi connectivity index (χ3n) is 3.62. The zero-order valence-electron chi connectivity index (χ0n) is 10.4. The van der Waals surface area contributed by atoms with E-state index in [1.54, 1.807) is 31.2 Å². The van der Waals surface area contributed by atoms with Crippen LogP contribution < -0.4 is 0 Å². The molecule has 1 unspecified atom stereocenters. The van der Waals surface area contributed by atoms with Gasteiger partial charge in [0.2, 0.25) is 5.91 Å². The summed E-state index contributed by atoms with van der Waals surface area (Å²) >= 11 is 0. The van der Waals surface area contributed by atoms with E-state index in [4.69, 9.17) is 0 Å².